The number of hydrogen-bond donors (Lipinski definition) is 4. The number of amides is 3. The third-order valence-electron chi connectivity index (χ3n) is 5.99. The molecule has 3 rings (SSSR count). The van der Waals surface area contributed by atoms with Gasteiger partial charge in [-0.25, -0.2) is 0 Å². The van der Waals surface area contributed by atoms with Crippen LogP contribution in [0.25, 0.3) is 0 Å². The molecule has 2 heterocycles. The molecule has 2 fully saturated rings. The second-order valence-corrected chi connectivity index (χ2v) is 9.82. The molecule has 9 nitrogen and oxygen atoms in total. The molecule has 1 aliphatic heterocycles. The topological polar surface area (TPSA) is 141 Å². The number of carbonyl (C=O) groups is 3. The predicted molar refractivity (Wildman–Crippen MR) is 123 cm³/mol. The average Bonchev–Trinajstić information content (AvgIpc) is 3.15. The number of nitrogens with two attached hydrogens (primary N) is 1. The van der Waals surface area contributed by atoms with Crippen LogP contribution in [0.1, 0.15) is 44.4 Å². The number of halogens is 2. The lowest BCUT2D eigenvalue weighted by molar-refractivity contribution is -0.137. The van der Waals surface area contributed by atoms with Crippen molar-refractivity contribution in [1.82, 2.24) is 15.2 Å². The molecular formula is C21H28Cl2N6O3. The Morgan fingerprint density at radius 1 is 1.41 bits per heavy atom. The Morgan fingerprint density at radius 2 is 2.09 bits per heavy atom. The lowest BCUT2D eigenvalue weighted by Gasteiger charge is -2.26. The molecule has 1 aromatic heterocycles. The first-order valence-electron chi connectivity index (χ1n) is 10.6. The van der Waals surface area contributed by atoms with Crippen LogP contribution >= 0.6 is 23.2 Å². The minimum atomic E-state index is -0.869. The van der Waals surface area contributed by atoms with Crippen LogP contribution in [0.3, 0.4) is 0 Å². The molecule has 1 aromatic rings. The molecule has 0 bridgehead atoms. The number of hydrogen-bond acceptors (Lipinski definition) is 6. The van der Waals surface area contributed by atoms with Crippen LogP contribution in [0, 0.1) is 11.3 Å². The number of primary amides is 1. The van der Waals surface area contributed by atoms with Crippen LogP contribution < -0.4 is 16.4 Å². The van der Waals surface area contributed by atoms with Gasteiger partial charge in [0.2, 0.25) is 11.8 Å². The lowest BCUT2D eigenvalue weighted by Crippen LogP contribution is -2.50. The summed E-state index contributed by atoms with van der Waals surface area (Å²) < 4.78 is -0.792. The molecule has 5 N–H and O–H groups in total. The number of aryl methyl sites for hydroxylation is 1. The van der Waals surface area contributed by atoms with Gasteiger partial charge in [-0.3, -0.25) is 24.8 Å². The first kappa shape index (κ1) is 24.3. The molecule has 1 saturated carbocycles. The number of carbonyl (C=O) groups excluding carboxylic acids is 3. The fraction of sp³-hybridized carbons (Fsp3) is 0.571. The van der Waals surface area contributed by atoms with Crippen molar-refractivity contribution in [3.63, 3.8) is 0 Å². The highest BCUT2D eigenvalue weighted by Crippen LogP contribution is 2.54. The van der Waals surface area contributed by atoms with Crippen molar-refractivity contribution in [2.45, 2.75) is 55.9 Å². The summed E-state index contributed by atoms with van der Waals surface area (Å²) in [5.74, 6) is -1.35. The Morgan fingerprint density at radius 3 is 2.69 bits per heavy atom. The smallest absolute Gasteiger partial charge is 0.267 e. The van der Waals surface area contributed by atoms with E-state index in [2.05, 4.69) is 15.6 Å². The van der Waals surface area contributed by atoms with Gasteiger partial charge in [-0.05, 0) is 38.7 Å². The molecule has 2 aliphatic rings. The second kappa shape index (κ2) is 9.62. The average molecular weight is 483 g/mol. The standard InChI is InChI=1S/C21H28Cl2N6O3/c1-3-12-7-13(18(24)19(25)31)15(9-26-12)27-10-17(30)29-6-4-5-16(29)20(32)28-11(2)14-8-21(14,22)23/h7,9,11,14,16,24,27H,3-6,8,10H2,1-2H3,(H2,25,31)(H,28,32)/t11-,14-,16+/m1/s1. The van der Waals surface area contributed by atoms with Gasteiger partial charge in [-0.1, -0.05) is 6.92 Å². The first-order valence-corrected chi connectivity index (χ1v) is 11.4. The Balaban J connectivity index is 1.63. The number of alkyl halides is 2. The zero-order valence-corrected chi connectivity index (χ0v) is 19.6. The molecule has 0 radical (unpaired) electrons. The van der Waals surface area contributed by atoms with E-state index in [0.717, 1.165) is 6.42 Å². The molecule has 1 aliphatic carbocycles. The van der Waals surface area contributed by atoms with Crippen molar-refractivity contribution in [2.24, 2.45) is 11.7 Å². The maximum atomic E-state index is 12.9. The molecule has 0 aromatic carbocycles. The van der Waals surface area contributed by atoms with Crippen molar-refractivity contribution in [3.8, 4) is 0 Å². The summed E-state index contributed by atoms with van der Waals surface area (Å²) in [6.45, 7) is 4.13. The highest BCUT2D eigenvalue weighted by atomic mass is 35.5. The molecule has 0 spiro atoms. The van der Waals surface area contributed by atoms with Gasteiger partial charge < -0.3 is 21.3 Å². The number of nitrogens with one attached hydrogen (secondary N) is 3. The maximum absolute atomic E-state index is 12.9. The highest BCUT2D eigenvalue weighted by Gasteiger charge is 2.55. The van der Waals surface area contributed by atoms with Crippen molar-refractivity contribution >= 4 is 52.3 Å². The number of nitrogens with zero attached hydrogens (tertiary/aromatic N) is 2. The fourth-order valence-corrected chi connectivity index (χ4v) is 4.69. The summed E-state index contributed by atoms with van der Waals surface area (Å²) >= 11 is 12.2. The third kappa shape index (κ3) is 5.32. The van der Waals surface area contributed by atoms with Gasteiger partial charge in [0.25, 0.3) is 5.91 Å². The number of likely N-dealkylation sites (tertiary alicyclic amines) is 1. The van der Waals surface area contributed by atoms with Crippen LogP contribution in [0.15, 0.2) is 12.3 Å². The van der Waals surface area contributed by atoms with Crippen molar-refractivity contribution < 1.29 is 14.4 Å². The fourth-order valence-electron chi connectivity index (χ4n) is 3.98. The summed E-state index contributed by atoms with van der Waals surface area (Å²) in [6, 6.07) is 0.868. The van der Waals surface area contributed by atoms with E-state index in [1.807, 2.05) is 13.8 Å². The van der Waals surface area contributed by atoms with Gasteiger partial charge in [0, 0.05) is 29.8 Å². The summed E-state index contributed by atoms with van der Waals surface area (Å²) in [5, 5.41) is 13.8. The van der Waals surface area contributed by atoms with E-state index in [1.165, 1.54) is 6.20 Å². The molecule has 0 unspecified atom stereocenters. The van der Waals surface area contributed by atoms with E-state index in [4.69, 9.17) is 34.3 Å². The van der Waals surface area contributed by atoms with Crippen LogP contribution in [0.5, 0.6) is 0 Å². The van der Waals surface area contributed by atoms with Crippen LogP contribution in [0.2, 0.25) is 0 Å². The zero-order chi connectivity index (χ0) is 23.6. The van der Waals surface area contributed by atoms with Crippen LogP contribution in [0.4, 0.5) is 5.69 Å². The van der Waals surface area contributed by atoms with E-state index in [0.29, 0.717) is 37.2 Å². The van der Waals surface area contributed by atoms with Crippen LogP contribution in [-0.4, -0.2) is 62.8 Å². The largest absolute Gasteiger partial charge is 0.374 e. The second-order valence-electron chi connectivity index (χ2n) is 8.28. The molecule has 11 heteroatoms. The zero-order valence-electron chi connectivity index (χ0n) is 18.1. The minimum absolute atomic E-state index is 0.000378. The SMILES string of the molecule is CCc1cc(C(=N)C(N)=O)c(NCC(=O)N2CCC[C@H]2C(=O)N[C@H](C)[C@H]2CC2(Cl)Cl)cn1. The molecular weight excluding hydrogens is 455 g/mol. The maximum Gasteiger partial charge on any atom is 0.267 e. The Kier molecular flexibility index (Phi) is 7.29. The predicted octanol–water partition coefficient (Wildman–Crippen LogP) is 1.60. The molecule has 32 heavy (non-hydrogen) atoms. The van der Waals surface area contributed by atoms with Crippen molar-refractivity contribution in [3.05, 3.63) is 23.5 Å². The Bertz CT molecular complexity index is 938. The van der Waals surface area contributed by atoms with Gasteiger partial charge in [0.15, 0.2) is 0 Å². The molecule has 174 valence electrons. The summed E-state index contributed by atoms with van der Waals surface area (Å²) in [4.78, 5) is 43.0. The van der Waals surface area contributed by atoms with E-state index in [9.17, 15) is 14.4 Å². The van der Waals surface area contributed by atoms with E-state index in [-0.39, 0.29) is 41.6 Å². The quantitative estimate of drug-likeness (QED) is 0.312. The highest BCUT2D eigenvalue weighted by molar-refractivity contribution is 6.51. The van der Waals surface area contributed by atoms with Crippen molar-refractivity contribution in [2.75, 3.05) is 18.4 Å². The number of anilines is 1. The first-order chi connectivity index (χ1) is 15.0. The third-order valence-corrected chi connectivity index (χ3v) is 6.86. The number of rotatable bonds is 9. The van der Waals surface area contributed by atoms with Gasteiger partial charge in [0.05, 0.1) is 18.4 Å². The molecule has 1 saturated heterocycles. The molecule has 3 amide bonds. The summed E-state index contributed by atoms with van der Waals surface area (Å²) in [6.07, 6.45) is 4.03. The van der Waals surface area contributed by atoms with Gasteiger partial charge in [-0.2, -0.15) is 0 Å². The normalized spacial score (nSPS) is 22.2. The van der Waals surface area contributed by atoms with E-state index < -0.39 is 16.3 Å². The molecule has 3 atom stereocenters. The van der Waals surface area contributed by atoms with E-state index >= 15 is 0 Å². The van der Waals surface area contributed by atoms with Gasteiger partial charge in [-0.15, -0.1) is 23.2 Å². The van der Waals surface area contributed by atoms with Gasteiger partial charge >= 0.3 is 0 Å². The lowest BCUT2D eigenvalue weighted by atomic mass is 10.1. The number of aromatic nitrogens is 1. The van der Waals surface area contributed by atoms with Crippen molar-refractivity contribution in [1.29, 1.82) is 5.41 Å². The summed E-state index contributed by atoms with van der Waals surface area (Å²) in [7, 11) is 0. The minimum Gasteiger partial charge on any atom is -0.374 e. The Hall–Kier alpha value is -2.39. The van der Waals surface area contributed by atoms with E-state index in [1.54, 1.807) is 11.0 Å². The Labute approximate surface area is 196 Å². The van der Waals surface area contributed by atoms with Crippen LogP contribution in [-0.2, 0) is 20.8 Å². The number of pyridine rings is 1. The van der Waals surface area contributed by atoms with Gasteiger partial charge in [0.1, 0.15) is 16.1 Å². The summed E-state index contributed by atoms with van der Waals surface area (Å²) in [5.41, 5.74) is 6.26. The monoisotopic (exact) mass is 482 g/mol.